The Morgan fingerprint density at radius 3 is 1.83 bits per heavy atom. The summed E-state index contributed by atoms with van der Waals surface area (Å²) in [5.74, 6) is 0. The molecule has 0 amide bonds. The molecule has 3 aromatic rings. The molecule has 23 heavy (non-hydrogen) atoms. The van der Waals surface area contributed by atoms with Crippen LogP contribution in [0.15, 0.2) is 72.8 Å². The SMILES string of the molecule is CC(C)(C)c1cc(N)ccc1-c1ccc(-c2ccccc2)cc1. The molecule has 0 aliphatic rings. The Hall–Kier alpha value is -2.54. The highest BCUT2D eigenvalue weighted by molar-refractivity contribution is 5.74. The number of anilines is 1. The molecule has 0 heterocycles. The number of benzene rings is 3. The van der Waals surface area contributed by atoms with Crippen LogP contribution in [0.4, 0.5) is 5.69 Å². The minimum Gasteiger partial charge on any atom is -0.399 e. The highest BCUT2D eigenvalue weighted by atomic mass is 14.5. The molecule has 0 radical (unpaired) electrons. The van der Waals surface area contributed by atoms with E-state index in [0.717, 1.165) is 5.69 Å². The molecule has 1 nitrogen and oxygen atoms in total. The van der Waals surface area contributed by atoms with Gasteiger partial charge in [-0.15, -0.1) is 0 Å². The third-order valence-corrected chi connectivity index (χ3v) is 4.15. The van der Waals surface area contributed by atoms with Gasteiger partial charge in [0.2, 0.25) is 0 Å². The number of nitrogens with two attached hydrogens (primary N) is 1. The fraction of sp³-hybridized carbons (Fsp3) is 0.182. The zero-order valence-electron chi connectivity index (χ0n) is 14.0. The van der Waals surface area contributed by atoms with Gasteiger partial charge in [0.25, 0.3) is 0 Å². The van der Waals surface area contributed by atoms with Gasteiger partial charge in [-0.25, -0.2) is 0 Å². The van der Waals surface area contributed by atoms with Gasteiger partial charge >= 0.3 is 0 Å². The maximum atomic E-state index is 6.00. The normalized spacial score (nSPS) is 11.4. The van der Waals surface area contributed by atoms with Crippen LogP contribution in [0.1, 0.15) is 26.3 Å². The summed E-state index contributed by atoms with van der Waals surface area (Å²) in [5, 5.41) is 0. The molecule has 1 heteroatoms. The molecule has 116 valence electrons. The predicted molar refractivity (Wildman–Crippen MR) is 100 cm³/mol. The van der Waals surface area contributed by atoms with Crippen molar-refractivity contribution in [3.63, 3.8) is 0 Å². The molecule has 0 spiro atoms. The van der Waals surface area contributed by atoms with E-state index in [9.17, 15) is 0 Å². The minimum atomic E-state index is 0.0583. The van der Waals surface area contributed by atoms with Gasteiger partial charge < -0.3 is 5.73 Å². The Labute approximate surface area is 138 Å². The van der Waals surface area contributed by atoms with Crippen molar-refractivity contribution < 1.29 is 0 Å². The zero-order valence-corrected chi connectivity index (χ0v) is 14.0. The first-order valence-corrected chi connectivity index (χ1v) is 8.01. The van der Waals surface area contributed by atoms with Gasteiger partial charge in [0.1, 0.15) is 0 Å². The first-order chi connectivity index (χ1) is 10.9. The van der Waals surface area contributed by atoms with Crippen LogP contribution in [-0.4, -0.2) is 0 Å². The molecule has 3 rings (SSSR count). The van der Waals surface area contributed by atoms with Gasteiger partial charge in [0.05, 0.1) is 0 Å². The van der Waals surface area contributed by atoms with E-state index in [0.29, 0.717) is 0 Å². The van der Waals surface area contributed by atoms with Gasteiger partial charge in [0.15, 0.2) is 0 Å². The smallest absolute Gasteiger partial charge is 0.0317 e. The Bertz CT molecular complexity index is 794. The molecule has 0 fully saturated rings. The number of nitrogen functional groups attached to an aromatic ring is 1. The van der Waals surface area contributed by atoms with E-state index < -0.39 is 0 Å². The first kappa shape index (κ1) is 15.4. The lowest BCUT2D eigenvalue weighted by Gasteiger charge is -2.23. The molecule has 0 saturated carbocycles. The molecule has 0 aromatic heterocycles. The maximum Gasteiger partial charge on any atom is 0.0317 e. The third kappa shape index (κ3) is 3.29. The molecule has 0 aliphatic heterocycles. The largest absolute Gasteiger partial charge is 0.399 e. The summed E-state index contributed by atoms with van der Waals surface area (Å²) in [6.45, 7) is 6.68. The van der Waals surface area contributed by atoms with Crippen molar-refractivity contribution in [3.05, 3.63) is 78.4 Å². The molecule has 0 atom stereocenters. The summed E-state index contributed by atoms with van der Waals surface area (Å²) in [4.78, 5) is 0. The number of hydrogen-bond donors (Lipinski definition) is 1. The van der Waals surface area contributed by atoms with Gasteiger partial charge in [-0.3, -0.25) is 0 Å². The highest BCUT2D eigenvalue weighted by Crippen LogP contribution is 2.35. The van der Waals surface area contributed by atoms with Gasteiger partial charge in [-0.05, 0) is 45.4 Å². The lowest BCUT2D eigenvalue weighted by atomic mass is 9.81. The molecule has 0 bridgehead atoms. The summed E-state index contributed by atoms with van der Waals surface area (Å²) < 4.78 is 0. The standard InChI is InChI=1S/C22H23N/c1-22(2,3)21-15-19(23)13-14-20(21)18-11-9-17(10-12-18)16-7-5-4-6-8-16/h4-15H,23H2,1-3H3. The van der Waals surface area contributed by atoms with Gasteiger partial charge in [-0.1, -0.05) is 81.4 Å². The van der Waals surface area contributed by atoms with E-state index in [1.54, 1.807) is 0 Å². The van der Waals surface area contributed by atoms with Crippen molar-refractivity contribution in [2.75, 3.05) is 5.73 Å². The summed E-state index contributed by atoms with van der Waals surface area (Å²) in [6.07, 6.45) is 0. The molecular weight excluding hydrogens is 278 g/mol. The average molecular weight is 301 g/mol. The van der Waals surface area contributed by atoms with E-state index in [4.69, 9.17) is 5.73 Å². The average Bonchev–Trinajstić information content (AvgIpc) is 2.55. The molecule has 0 unspecified atom stereocenters. The van der Waals surface area contributed by atoms with Crippen molar-refractivity contribution >= 4 is 5.69 Å². The Morgan fingerprint density at radius 2 is 1.22 bits per heavy atom. The molecule has 2 N–H and O–H groups in total. The second-order valence-corrected chi connectivity index (χ2v) is 7.00. The van der Waals surface area contributed by atoms with Crippen molar-refractivity contribution in [1.29, 1.82) is 0 Å². The molecular formula is C22H23N. The number of rotatable bonds is 2. The second kappa shape index (κ2) is 5.92. The molecule has 0 saturated heterocycles. The second-order valence-electron chi connectivity index (χ2n) is 7.00. The van der Waals surface area contributed by atoms with Crippen LogP contribution in [0, 0.1) is 0 Å². The summed E-state index contributed by atoms with van der Waals surface area (Å²) in [7, 11) is 0. The lowest BCUT2D eigenvalue weighted by molar-refractivity contribution is 0.592. The fourth-order valence-corrected chi connectivity index (χ4v) is 2.91. The van der Waals surface area contributed by atoms with E-state index in [1.165, 1.54) is 27.8 Å². The Kier molecular flexibility index (Phi) is 3.96. The van der Waals surface area contributed by atoms with E-state index >= 15 is 0 Å². The van der Waals surface area contributed by atoms with Crippen molar-refractivity contribution in [2.24, 2.45) is 0 Å². The van der Waals surface area contributed by atoms with E-state index in [2.05, 4.69) is 81.4 Å². The number of hydrogen-bond acceptors (Lipinski definition) is 1. The van der Waals surface area contributed by atoms with Crippen LogP contribution in [0.2, 0.25) is 0 Å². The van der Waals surface area contributed by atoms with Crippen LogP contribution < -0.4 is 5.73 Å². The van der Waals surface area contributed by atoms with Gasteiger partial charge in [0, 0.05) is 5.69 Å². The molecule has 0 aliphatic carbocycles. The Morgan fingerprint density at radius 1 is 0.652 bits per heavy atom. The van der Waals surface area contributed by atoms with Gasteiger partial charge in [-0.2, -0.15) is 0 Å². The first-order valence-electron chi connectivity index (χ1n) is 8.01. The zero-order chi connectivity index (χ0) is 16.4. The lowest BCUT2D eigenvalue weighted by Crippen LogP contribution is -2.13. The summed E-state index contributed by atoms with van der Waals surface area (Å²) in [6, 6.07) is 25.4. The van der Waals surface area contributed by atoms with E-state index in [1.807, 2.05) is 12.1 Å². The van der Waals surface area contributed by atoms with E-state index in [-0.39, 0.29) is 5.41 Å². The quantitative estimate of drug-likeness (QED) is 0.586. The van der Waals surface area contributed by atoms with Crippen LogP contribution >= 0.6 is 0 Å². The predicted octanol–water partition coefficient (Wildman–Crippen LogP) is 5.90. The van der Waals surface area contributed by atoms with Crippen LogP contribution in [-0.2, 0) is 5.41 Å². The third-order valence-electron chi connectivity index (χ3n) is 4.15. The highest BCUT2D eigenvalue weighted by Gasteiger charge is 2.19. The summed E-state index contributed by atoms with van der Waals surface area (Å²) in [5.41, 5.74) is 13.1. The maximum absolute atomic E-state index is 6.00. The van der Waals surface area contributed by atoms with Crippen molar-refractivity contribution in [2.45, 2.75) is 26.2 Å². The van der Waals surface area contributed by atoms with Crippen molar-refractivity contribution in [3.8, 4) is 22.3 Å². The summed E-state index contributed by atoms with van der Waals surface area (Å²) >= 11 is 0. The topological polar surface area (TPSA) is 26.0 Å². The minimum absolute atomic E-state index is 0.0583. The van der Waals surface area contributed by atoms with Crippen LogP contribution in [0.25, 0.3) is 22.3 Å². The van der Waals surface area contributed by atoms with Crippen LogP contribution in [0.3, 0.4) is 0 Å². The molecule has 3 aromatic carbocycles. The van der Waals surface area contributed by atoms with Crippen molar-refractivity contribution in [1.82, 2.24) is 0 Å². The fourth-order valence-electron chi connectivity index (χ4n) is 2.91. The van der Waals surface area contributed by atoms with Crippen LogP contribution in [0.5, 0.6) is 0 Å². The monoisotopic (exact) mass is 301 g/mol. The Balaban J connectivity index is 2.04.